The van der Waals surface area contributed by atoms with Gasteiger partial charge in [-0.25, -0.2) is 0 Å². The summed E-state index contributed by atoms with van der Waals surface area (Å²) in [7, 11) is 0. The van der Waals surface area contributed by atoms with Gasteiger partial charge in [-0.1, -0.05) is 0 Å². The number of aryl methyl sites for hydroxylation is 2. The van der Waals surface area contributed by atoms with Crippen LogP contribution in [0.2, 0.25) is 0 Å². The van der Waals surface area contributed by atoms with Crippen molar-refractivity contribution in [2.75, 3.05) is 0 Å². The van der Waals surface area contributed by atoms with Crippen molar-refractivity contribution in [3.05, 3.63) is 32.9 Å². The van der Waals surface area contributed by atoms with E-state index in [2.05, 4.69) is 6.13 Å². The van der Waals surface area contributed by atoms with E-state index < -0.39 is 181 Å². The van der Waals surface area contributed by atoms with Gasteiger partial charge < -0.3 is 0 Å². The third-order valence-electron chi connectivity index (χ3n) is 9.11. The molecule has 71 heavy (non-hydrogen) atoms. The zero-order chi connectivity index (χ0) is 57.2. The van der Waals surface area contributed by atoms with Gasteiger partial charge in [-0.2, -0.15) is 52.7 Å². The van der Waals surface area contributed by atoms with Crippen LogP contribution in [0.15, 0.2) is 18.2 Å². The second-order valence-corrected chi connectivity index (χ2v) is 17.6. The van der Waals surface area contributed by atoms with Gasteiger partial charge in [0.2, 0.25) is 0 Å². The van der Waals surface area contributed by atoms with Gasteiger partial charge in [-0.15, -0.1) is 0 Å². The van der Waals surface area contributed by atoms with E-state index in [9.17, 15) is 159 Å². The van der Waals surface area contributed by atoms with Crippen molar-refractivity contribution < 1.29 is 165 Å². The molecule has 0 spiro atoms. The molecule has 1 rings (SSSR count). The molecule has 0 aliphatic carbocycles. The first kappa shape index (κ1) is 65.5. The fourth-order valence-corrected chi connectivity index (χ4v) is 8.47. The maximum atomic E-state index is 14.6. The van der Waals surface area contributed by atoms with Crippen molar-refractivity contribution in [2.24, 2.45) is 0 Å². The van der Waals surface area contributed by atoms with Crippen LogP contribution in [0.25, 0.3) is 0 Å². The number of carbonyl (C=O) groups is 2. The van der Waals surface area contributed by atoms with E-state index in [-0.39, 0.29) is 0 Å². The first-order valence-corrected chi connectivity index (χ1v) is 20.2. The Kier molecular flexibility index (Phi) is 17.8. The number of halogens is 35. The summed E-state index contributed by atoms with van der Waals surface area (Å²) in [5.74, 6) is -121. The molecule has 0 bridgehead atoms. The molecule has 0 amide bonds. The van der Waals surface area contributed by atoms with Gasteiger partial charge in [0.15, 0.2) is 0 Å². The van der Waals surface area contributed by atoms with E-state index in [0.29, 0.717) is 32.0 Å². The normalized spacial score (nSPS) is 15.7. The summed E-state index contributed by atoms with van der Waals surface area (Å²) in [5.41, 5.74) is -1.72. The van der Waals surface area contributed by atoms with Crippen molar-refractivity contribution in [1.82, 2.24) is 0 Å². The summed E-state index contributed by atoms with van der Waals surface area (Å²) in [5, 5.41) is 0. The number of carbonyl (C=O) groups excluding carboxylic acids is 2. The van der Waals surface area contributed by atoms with Crippen LogP contribution in [-0.4, -0.2) is 107 Å². The number of alkyl halides is 34. The van der Waals surface area contributed by atoms with Crippen molar-refractivity contribution >= 4 is 32.6 Å². The van der Waals surface area contributed by atoms with Crippen molar-refractivity contribution in [3.63, 3.8) is 0 Å². The smallest absolute Gasteiger partial charge is 0.189 e. The van der Waals surface area contributed by atoms with Crippen molar-refractivity contribution in [2.45, 2.75) is 148 Å². The van der Waals surface area contributed by atoms with Gasteiger partial charge in [-0.05, 0) is 0 Å². The summed E-state index contributed by atoms with van der Waals surface area (Å²) in [6, 6.07) is 1.07. The molecule has 0 atom stereocenters. The molecule has 0 N–H and O–H groups in total. The standard InChI is InChI=1S/C32H21F34IO4/c1-12(68)70-67(71-13(2)69)16-11-14(5-3-9-17(33,34)19(37,38)21(41,42)23(45,46)25(49,50)27(53,54)29(57,58)31(61,62)63)7-8-15(16)6-4-10-18(35,36)20(39,40)22(43,44)24(47,48)26(51,52)28(55,56)30(59,60)32(64,65)66/h7-8,11H,3-6,9-10H2,1-2H3. The molecule has 0 saturated heterocycles. The summed E-state index contributed by atoms with van der Waals surface area (Å²) < 4.78 is 472. The molecule has 39 heteroatoms. The second kappa shape index (κ2) is 19.3. The van der Waals surface area contributed by atoms with Gasteiger partial charge >= 0.3 is 325 Å². The van der Waals surface area contributed by atoms with Gasteiger partial charge in [0.1, 0.15) is 0 Å². The van der Waals surface area contributed by atoms with E-state index in [1.165, 1.54) is 0 Å². The van der Waals surface area contributed by atoms with Crippen molar-refractivity contribution in [3.8, 4) is 0 Å². The van der Waals surface area contributed by atoms with Crippen LogP contribution >= 0.6 is 20.6 Å². The number of benzene rings is 1. The minimum absolute atomic E-state index is 0.328. The third-order valence-corrected chi connectivity index (χ3v) is 13.1. The molecule has 1 aromatic carbocycles. The van der Waals surface area contributed by atoms with Gasteiger partial charge in [0.25, 0.3) is 0 Å². The number of hydrogen-bond acceptors (Lipinski definition) is 4. The van der Waals surface area contributed by atoms with E-state index in [1.807, 2.05) is 0 Å². The molecule has 1 aromatic rings. The molecule has 0 fully saturated rings. The van der Waals surface area contributed by atoms with Gasteiger partial charge in [0, 0.05) is 0 Å². The SMILES string of the molecule is CC(=O)OI(OC(C)=O)c1cc(CCCC(F)(F)C(F)(F)C(F)(F)C(F)(F)C(F)(F)C(F)(F)C(F)(F)C(F)(F)F)ccc1CCCC(F)(F)C(F)(F)C(F)(F)C(F)(F)C(F)(F)C(F)(F)C(F)(F)C(F)(F)F. The average Bonchev–Trinajstić information content (AvgIpc) is 3.15. The van der Waals surface area contributed by atoms with Crippen LogP contribution in [0.3, 0.4) is 0 Å². The van der Waals surface area contributed by atoms with Crippen LogP contribution in [0.5, 0.6) is 0 Å². The van der Waals surface area contributed by atoms with Crippen molar-refractivity contribution in [1.29, 1.82) is 0 Å². The summed E-state index contributed by atoms with van der Waals surface area (Å²) in [6.07, 6.45) is -29.0. The Morgan fingerprint density at radius 3 is 0.901 bits per heavy atom. The fraction of sp³-hybridized carbons (Fsp3) is 0.750. The quantitative estimate of drug-likeness (QED) is 0.0809. The van der Waals surface area contributed by atoms with Crippen LogP contribution in [-0.2, 0) is 28.6 Å². The Morgan fingerprint density at radius 1 is 0.380 bits per heavy atom. The molecular formula is C32H21F34IO4. The monoisotopic (exact) mass is 1240 g/mol. The second-order valence-electron chi connectivity index (χ2n) is 14.3. The van der Waals surface area contributed by atoms with E-state index >= 15 is 0 Å². The Balaban J connectivity index is 3.68. The van der Waals surface area contributed by atoms with E-state index in [1.54, 1.807) is 0 Å². The Bertz CT molecular complexity index is 2040. The van der Waals surface area contributed by atoms with Crippen LogP contribution in [0, 0.1) is 3.57 Å². The predicted molar refractivity (Wildman–Crippen MR) is 170 cm³/mol. The minimum atomic E-state index is -8.97. The minimum Gasteiger partial charge on any atom is -0.189 e. The zero-order valence-corrected chi connectivity index (χ0v) is 35.5. The Morgan fingerprint density at radius 2 is 0.634 bits per heavy atom. The molecule has 0 aliphatic rings. The fourth-order valence-electron chi connectivity index (χ4n) is 5.11. The van der Waals surface area contributed by atoms with E-state index in [0.717, 1.165) is 0 Å². The molecule has 0 aromatic heterocycles. The molecule has 0 heterocycles. The maximum absolute atomic E-state index is 14.6. The molecule has 0 unspecified atom stereocenters. The first-order valence-electron chi connectivity index (χ1n) is 17.4. The van der Waals surface area contributed by atoms with Crippen LogP contribution in [0.4, 0.5) is 149 Å². The molecular weight excluding hydrogens is 1220 g/mol. The van der Waals surface area contributed by atoms with Crippen LogP contribution in [0.1, 0.15) is 50.7 Å². The van der Waals surface area contributed by atoms with Crippen LogP contribution < -0.4 is 0 Å². The molecule has 0 aliphatic heterocycles. The molecule has 418 valence electrons. The Hall–Kier alpha value is -3.49. The zero-order valence-electron chi connectivity index (χ0n) is 33.3. The topological polar surface area (TPSA) is 52.6 Å². The number of hydrogen-bond donors (Lipinski definition) is 0. The van der Waals surface area contributed by atoms with E-state index in [4.69, 9.17) is 0 Å². The molecule has 4 nitrogen and oxygen atoms in total. The molecule has 0 saturated carbocycles. The third kappa shape index (κ3) is 10.6. The summed E-state index contributed by atoms with van der Waals surface area (Å²) in [6.45, 7) is 0.945. The van der Waals surface area contributed by atoms with Gasteiger partial charge in [-0.3, -0.25) is 0 Å². The Labute approximate surface area is 378 Å². The van der Waals surface area contributed by atoms with Gasteiger partial charge in [0.05, 0.1) is 0 Å². The summed E-state index contributed by atoms with van der Waals surface area (Å²) >= 11 is -4.68. The first-order chi connectivity index (χ1) is 30.8. The average molecular weight is 1240 g/mol. The number of rotatable bonds is 23. The summed E-state index contributed by atoms with van der Waals surface area (Å²) in [4.78, 5) is 23.4. The predicted octanol–water partition coefficient (Wildman–Crippen LogP) is 15.0. The molecule has 0 radical (unpaired) electrons.